The van der Waals surface area contributed by atoms with Crippen molar-refractivity contribution in [2.45, 2.75) is 32.2 Å². The van der Waals surface area contributed by atoms with Gasteiger partial charge in [-0.1, -0.05) is 19.1 Å². The number of rotatable bonds is 5. The Kier molecular flexibility index (Phi) is 4.35. The number of carbonyl (C=O) groups is 1. The summed E-state index contributed by atoms with van der Waals surface area (Å²) in [6, 6.07) is 9.36. The van der Waals surface area contributed by atoms with Crippen LogP contribution in [0.3, 0.4) is 0 Å². The Morgan fingerprint density at radius 2 is 2.15 bits per heavy atom. The number of fused-ring (bicyclic) bond motifs is 1. The summed E-state index contributed by atoms with van der Waals surface area (Å²) >= 11 is 0. The number of carbonyl (C=O) groups excluding carboxylic acids is 1. The highest BCUT2D eigenvalue weighted by molar-refractivity contribution is 6.06. The van der Waals surface area contributed by atoms with Crippen LogP contribution in [0, 0.1) is 0 Å². The molecule has 0 saturated carbocycles. The molecule has 4 heteroatoms. The van der Waals surface area contributed by atoms with E-state index in [9.17, 15) is 4.79 Å². The third-order valence-corrected chi connectivity index (χ3v) is 3.78. The number of benzene rings is 1. The molecule has 0 aliphatic rings. The molecule has 1 unspecified atom stereocenters. The Labute approximate surface area is 119 Å². The smallest absolute Gasteiger partial charge is 0.252 e. The maximum absolute atomic E-state index is 12.5. The van der Waals surface area contributed by atoms with Crippen molar-refractivity contribution < 1.29 is 4.79 Å². The minimum atomic E-state index is -0.268. The van der Waals surface area contributed by atoms with Crippen molar-refractivity contribution in [2.75, 3.05) is 6.54 Å². The average molecular weight is 271 g/mol. The minimum absolute atomic E-state index is 0.0681. The van der Waals surface area contributed by atoms with Gasteiger partial charge >= 0.3 is 0 Å². The first kappa shape index (κ1) is 14.5. The first-order valence-corrected chi connectivity index (χ1v) is 6.96. The quantitative estimate of drug-likeness (QED) is 0.878. The monoisotopic (exact) mass is 271 g/mol. The third kappa shape index (κ3) is 2.96. The molecule has 0 radical (unpaired) electrons. The van der Waals surface area contributed by atoms with Gasteiger partial charge in [-0.25, -0.2) is 0 Å². The minimum Gasteiger partial charge on any atom is -0.347 e. The van der Waals surface area contributed by atoms with Crippen molar-refractivity contribution in [2.24, 2.45) is 5.73 Å². The van der Waals surface area contributed by atoms with E-state index in [0.717, 1.165) is 23.7 Å². The van der Waals surface area contributed by atoms with Gasteiger partial charge in [-0.3, -0.25) is 9.78 Å². The zero-order valence-corrected chi connectivity index (χ0v) is 12.0. The summed E-state index contributed by atoms with van der Waals surface area (Å²) in [4.78, 5) is 16.8. The third-order valence-electron chi connectivity index (χ3n) is 3.78. The predicted molar refractivity (Wildman–Crippen MR) is 81.6 cm³/mol. The second kappa shape index (κ2) is 6.01. The molecule has 3 N–H and O–H groups in total. The molecule has 106 valence electrons. The van der Waals surface area contributed by atoms with Gasteiger partial charge < -0.3 is 11.1 Å². The predicted octanol–water partition coefficient (Wildman–Crippen LogP) is 2.48. The number of nitrogens with two attached hydrogens (primary N) is 1. The maximum Gasteiger partial charge on any atom is 0.252 e. The normalized spacial score (nSPS) is 13.9. The van der Waals surface area contributed by atoms with Gasteiger partial charge in [0.15, 0.2) is 0 Å². The number of amides is 1. The molecule has 2 aromatic rings. The summed E-state index contributed by atoms with van der Waals surface area (Å²) in [6.07, 6.45) is 3.34. The Morgan fingerprint density at radius 3 is 2.85 bits per heavy atom. The number of nitrogens with zero attached hydrogens (tertiary/aromatic N) is 1. The first-order valence-electron chi connectivity index (χ1n) is 6.96. The summed E-state index contributed by atoms with van der Waals surface area (Å²) in [6.45, 7) is 4.64. The fraction of sp³-hybridized carbons (Fsp3) is 0.375. The highest BCUT2D eigenvalue weighted by Gasteiger charge is 2.24. The molecule has 0 aliphatic heterocycles. The summed E-state index contributed by atoms with van der Waals surface area (Å²) in [5.74, 6) is -0.0681. The van der Waals surface area contributed by atoms with Crippen LogP contribution in [0.2, 0.25) is 0 Å². The maximum atomic E-state index is 12.5. The van der Waals surface area contributed by atoms with Crippen molar-refractivity contribution in [1.29, 1.82) is 0 Å². The second-order valence-electron chi connectivity index (χ2n) is 5.28. The van der Waals surface area contributed by atoms with Crippen LogP contribution in [-0.4, -0.2) is 23.0 Å². The highest BCUT2D eigenvalue weighted by Crippen LogP contribution is 2.19. The van der Waals surface area contributed by atoms with Crippen molar-refractivity contribution >= 4 is 16.8 Å². The van der Waals surface area contributed by atoms with Gasteiger partial charge in [0.1, 0.15) is 0 Å². The summed E-state index contributed by atoms with van der Waals surface area (Å²) < 4.78 is 0. The van der Waals surface area contributed by atoms with E-state index in [4.69, 9.17) is 5.73 Å². The SMILES string of the molecule is CCC(C)(CCN)NC(=O)c1cccc2ncccc12. The van der Waals surface area contributed by atoms with Gasteiger partial charge in [0, 0.05) is 22.7 Å². The van der Waals surface area contributed by atoms with Crippen LogP contribution >= 0.6 is 0 Å². The van der Waals surface area contributed by atoms with Crippen molar-refractivity contribution in [1.82, 2.24) is 10.3 Å². The fourth-order valence-electron chi connectivity index (χ4n) is 2.29. The van der Waals surface area contributed by atoms with Crippen LogP contribution in [0.15, 0.2) is 36.5 Å². The van der Waals surface area contributed by atoms with Gasteiger partial charge in [-0.15, -0.1) is 0 Å². The number of pyridine rings is 1. The van der Waals surface area contributed by atoms with E-state index in [1.54, 1.807) is 6.20 Å². The number of aromatic nitrogens is 1. The summed E-state index contributed by atoms with van der Waals surface area (Å²) in [5.41, 5.74) is 6.86. The summed E-state index contributed by atoms with van der Waals surface area (Å²) in [7, 11) is 0. The zero-order chi connectivity index (χ0) is 14.6. The van der Waals surface area contributed by atoms with E-state index in [2.05, 4.69) is 17.2 Å². The molecule has 0 bridgehead atoms. The molecule has 0 fully saturated rings. The van der Waals surface area contributed by atoms with E-state index >= 15 is 0 Å². The number of hydrogen-bond acceptors (Lipinski definition) is 3. The molecule has 1 heterocycles. The molecule has 2 rings (SSSR count). The molecule has 4 nitrogen and oxygen atoms in total. The van der Waals surface area contributed by atoms with Crippen LogP contribution in [0.4, 0.5) is 0 Å². The molecule has 1 atom stereocenters. The highest BCUT2D eigenvalue weighted by atomic mass is 16.1. The van der Waals surface area contributed by atoms with Gasteiger partial charge in [-0.2, -0.15) is 0 Å². The van der Waals surface area contributed by atoms with Crippen LogP contribution in [0.1, 0.15) is 37.0 Å². The zero-order valence-electron chi connectivity index (χ0n) is 12.0. The lowest BCUT2D eigenvalue weighted by atomic mass is 9.93. The van der Waals surface area contributed by atoms with Crippen LogP contribution in [0.5, 0.6) is 0 Å². The molecule has 1 aromatic heterocycles. The Bertz CT molecular complexity index is 606. The largest absolute Gasteiger partial charge is 0.347 e. The van der Waals surface area contributed by atoms with Crippen molar-refractivity contribution in [3.05, 3.63) is 42.1 Å². The van der Waals surface area contributed by atoms with E-state index < -0.39 is 0 Å². The average Bonchev–Trinajstić information content (AvgIpc) is 2.46. The molecular weight excluding hydrogens is 250 g/mol. The second-order valence-corrected chi connectivity index (χ2v) is 5.28. The van der Waals surface area contributed by atoms with Crippen LogP contribution in [-0.2, 0) is 0 Å². The van der Waals surface area contributed by atoms with Crippen molar-refractivity contribution in [3.8, 4) is 0 Å². The standard InChI is InChI=1S/C16H21N3O/c1-3-16(2,9-10-17)19-15(20)13-6-4-8-14-12(13)7-5-11-18-14/h4-8,11H,3,9-10,17H2,1-2H3,(H,19,20). The molecule has 0 spiro atoms. The molecule has 0 aliphatic carbocycles. The van der Waals surface area contributed by atoms with Gasteiger partial charge in [0.25, 0.3) is 5.91 Å². The van der Waals surface area contributed by atoms with Gasteiger partial charge in [0.2, 0.25) is 0 Å². The number of nitrogens with one attached hydrogen (secondary N) is 1. The van der Waals surface area contributed by atoms with Crippen molar-refractivity contribution in [3.63, 3.8) is 0 Å². The van der Waals surface area contributed by atoms with Crippen LogP contribution in [0.25, 0.3) is 10.9 Å². The Balaban J connectivity index is 2.32. The van der Waals surface area contributed by atoms with E-state index in [-0.39, 0.29) is 11.4 Å². The molecule has 0 saturated heterocycles. The Morgan fingerprint density at radius 1 is 1.35 bits per heavy atom. The lowest BCUT2D eigenvalue weighted by molar-refractivity contribution is 0.0901. The fourth-order valence-corrected chi connectivity index (χ4v) is 2.29. The van der Waals surface area contributed by atoms with Gasteiger partial charge in [0.05, 0.1) is 5.52 Å². The first-order chi connectivity index (χ1) is 9.59. The van der Waals surface area contributed by atoms with E-state index in [0.29, 0.717) is 12.1 Å². The summed E-state index contributed by atoms with van der Waals surface area (Å²) in [5, 5.41) is 3.98. The Hall–Kier alpha value is -1.94. The lowest BCUT2D eigenvalue weighted by Crippen LogP contribution is -2.46. The van der Waals surface area contributed by atoms with E-state index in [1.165, 1.54) is 0 Å². The number of hydrogen-bond donors (Lipinski definition) is 2. The lowest BCUT2D eigenvalue weighted by Gasteiger charge is -2.29. The van der Waals surface area contributed by atoms with E-state index in [1.807, 2.05) is 37.3 Å². The topological polar surface area (TPSA) is 68.0 Å². The molecule has 1 amide bonds. The molecule has 1 aromatic carbocycles. The van der Waals surface area contributed by atoms with Crippen LogP contribution < -0.4 is 11.1 Å². The molecular formula is C16H21N3O. The molecule has 20 heavy (non-hydrogen) atoms. The van der Waals surface area contributed by atoms with Gasteiger partial charge in [-0.05, 0) is 44.5 Å².